The van der Waals surface area contributed by atoms with E-state index in [-0.39, 0.29) is 0 Å². The standard InChI is InChI=1S/C10H9NO2/c1-3-10(13-8(2)12)9-6-4-5-7-11-9/h1,4-7,10H,2H3. The first kappa shape index (κ1) is 9.27. The van der Waals surface area contributed by atoms with Crippen molar-refractivity contribution in [2.45, 2.75) is 13.0 Å². The topological polar surface area (TPSA) is 39.2 Å². The number of hydrogen-bond acceptors (Lipinski definition) is 3. The number of esters is 1. The third-order valence-corrected chi connectivity index (χ3v) is 1.39. The van der Waals surface area contributed by atoms with E-state index in [2.05, 4.69) is 10.9 Å². The maximum absolute atomic E-state index is 10.6. The average Bonchev–Trinajstić information content (AvgIpc) is 2.15. The largest absolute Gasteiger partial charge is 0.443 e. The summed E-state index contributed by atoms with van der Waals surface area (Å²) in [6.45, 7) is 1.31. The Morgan fingerprint density at radius 2 is 2.46 bits per heavy atom. The Kier molecular flexibility index (Phi) is 3.04. The first-order valence-corrected chi connectivity index (χ1v) is 3.78. The highest BCUT2D eigenvalue weighted by molar-refractivity contribution is 5.66. The van der Waals surface area contributed by atoms with E-state index in [1.165, 1.54) is 6.92 Å². The number of terminal acetylenes is 1. The Labute approximate surface area is 76.8 Å². The Balaban J connectivity index is 2.80. The monoisotopic (exact) mass is 175 g/mol. The quantitative estimate of drug-likeness (QED) is 0.502. The lowest BCUT2D eigenvalue weighted by atomic mass is 10.2. The van der Waals surface area contributed by atoms with Crippen LogP contribution >= 0.6 is 0 Å². The van der Waals surface area contributed by atoms with Crippen molar-refractivity contribution in [1.29, 1.82) is 0 Å². The van der Waals surface area contributed by atoms with Crippen LogP contribution < -0.4 is 0 Å². The van der Waals surface area contributed by atoms with E-state index in [4.69, 9.17) is 11.2 Å². The Morgan fingerprint density at radius 1 is 1.69 bits per heavy atom. The molecule has 0 aliphatic heterocycles. The second-order valence-corrected chi connectivity index (χ2v) is 2.41. The minimum atomic E-state index is -0.682. The van der Waals surface area contributed by atoms with Crippen molar-refractivity contribution < 1.29 is 9.53 Å². The van der Waals surface area contributed by atoms with Gasteiger partial charge in [0.15, 0.2) is 0 Å². The molecule has 0 aliphatic carbocycles. The molecule has 0 N–H and O–H groups in total. The summed E-state index contributed by atoms with van der Waals surface area (Å²) in [5, 5.41) is 0. The van der Waals surface area contributed by atoms with Gasteiger partial charge in [0.1, 0.15) is 0 Å². The molecule has 0 fully saturated rings. The van der Waals surface area contributed by atoms with Gasteiger partial charge in [-0.15, -0.1) is 6.42 Å². The smallest absolute Gasteiger partial charge is 0.304 e. The summed E-state index contributed by atoms with van der Waals surface area (Å²) >= 11 is 0. The minimum Gasteiger partial charge on any atom is -0.443 e. The van der Waals surface area contributed by atoms with Crippen molar-refractivity contribution in [3.05, 3.63) is 30.1 Å². The Morgan fingerprint density at radius 3 is 2.92 bits per heavy atom. The second-order valence-electron chi connectivity index (χ2n) is 2.41. The molecule has 1 aromatic heterocycles. The molecule has 3 nitrogen and oxygen atoms in total. The van der Waals surface area contributed by atoms with Gasteiger partial charge in [-0.25, -0.2) is 0 Å². The lowest BCUT2D eigenvalue weighted by Gasteiger charge is -2.09. The van der Waals surface area contributed by atoms with Crippen LogP contribution in [0.1, 0.15) is 18.7 Å². The van der Waals surface area contributed by atoms with Gasteiger partial charge in [0.25, 0.3) is 0 Å². The van der Waals surface area contributed by atoms with Crippen LogP contribution in [-0.2, 0) is 9.53 Å². The molecule has 0 spiro atoms. The fourth-order valence-corrected chi connectivity index (χ4v) is 0.877. The molecule has 0 amide bonds. The number of pyridine rings is 1. The van der Waals surface area contributed by atoms with Gasteiger partial charge in [0.05, 0.1) is 5.69 Å². The van der Waals surface area contributed by atoms with E-state index < -0.39 is 12.1 Å². The number of aromatic nitrogens is 1. The summed E-state index contributed by atoms with van der Waals surface area (Å²) in [6, 6.07) is 5.27. The highest BCUT2D eigenvalue weighted by Crippen LogP contribution is 2.12. The Hall–Kier alpha value is -1.82. The molecule has 1 aromatic rings. The zero-order valence-corrected chi connectivity index (χ0v) is 7.23. The maximum atomic E-state index is 10.6. The molecule has 0 saturated heterocycles. The molecule has 0 aromatic carbocycles. The van der Waals surface area contributed by atoms with Crippen LogP contribution in [0.25, 0.3) is 0 Å². The van der Waals surface area contributed by atoms with Gasteiger partial charge in [-0.05, 0) is 12.1 Å². The first-order chi connectivity index (χ1) is 6.24. The van der Waals surface area contributed by atoms with Gasteiger partial charge in [0, 0.05) is 13.1 Å². The minimum absolute atomic E-state index is 0.409. The van der Waals surface area contributed by atoms with Crippen molar-refractivity contribution in [1.82, 2.24) is 4.98 Å². The van der Waals surface area contributed by atoms with Gasteiger partial charge < -0.3 is 4.74 Å². The molecule has 0 radical (unpaired) electrons. The fourth-order valence-electron chi connectivity index (χ4n) is 0.877. The number of rotatable bonds is 2. The highest BCUT2D eigenvalue weighted by Gasteiger charge is 2.11. The van der Waals surface area contributed by atoms with E-state index in [0.717, 1.165) is 0 Å². The Bertz CT molecular complexity index is 327. The third kappa shape index (κ3) is 2.60. The number of carbonyl (C=O) groups excluding carboxylic acids is 1. The van der Waals surface area contributed by atoms with Gasteiger partial charge in [-0.3, -0.25) is 9.78 Å². The van der Waals surface area contributed by atoms with Gasteiger partial charge >= 0.3 is 5.97 Å². The third-order valence-electron chi connectivity index (χ3n) is 1.39. The summed E-state index contributed by atoms with van der Waals surface area (Å²) in [6.07, 6.45) is 6.10. The summed E-state index contributed by atoms with van der Waals surface area (Å²) in [7, 11) is 0. The second kappa shape index (κ2) is 4.27. The van der Waals surface area contributed by atoms with Gasteiger partial charge in [0.2, 0.25) is 6.10 Å². The molecular weight excluding hydrogens is 166 g/mol. The fraction of sp³-hybridized carbons (Fsp3) is 0.200. The van der Waals surface area contributed by atoms with E-state index in [9.17, 15) is 4.79 Å². The van der Waals surface area contributed by atoms with Crippen LogP contribution in [-0.4, -0.2) is 11.0 Å². The molecule has 0 saturated carbocycles. The van der Waals surface area contributed by atoms with E-state index in [1.807, 2.05) is 0 Å². The zero-order chi connectivity index (χ0) is 9.68. The predicted molar refractivity (Wildman–Crippen MR) is 47.6 cm³/mol. The normalized spacial score (nSPS) is 11.4. The first-order valence-electron chi connectivity index (χ1n) is 3.78. The SMILES string of the molecule is C#CC(OC(C)=O)c1ccccn1. The number of nitrogens with zero attached hydrogens (tertiary/aromatic N) is 1. The molecule has 0 bridgehead atoms. The molecule has 1 heterocycles. The van der Waals surface area contributed by atoms with Crippen LogP contribution in [0.4, 0.5) is 0 Å². The zero-order valence-electron chi connectivity index (χ0n) is 7.23. The van der Waals surface area contributed by atoms with Crippen LogP contribution in [0.5, 0.6) is 0 Å². The molecule has 1 atom stereocenters. The van der Waals surface area contributed by atoms with Crippen molar-refractivity contribution in [2.75, 3.05) is 0 Å². The highest BCUT2D eigenvalue weighted by atomic mass is 16.5. The van der Waals surface area contributed by atoms with E-state index in [0.29, 0.717) is 5.69 Å². The maximum Gasteiger partial charge on any atom is 0.304 e. The van der Waals surface area contributed by atoms with Crippen molar-refractivity contribution in [3.8, 4) is 12.3 Å². The lowest BCUT2D eigenvalue weighted by Crippen LogP contribution is -2.07. The van der Waals surface area contributed by atoms with Crippen molar-refractivity contribution >= 4 is 5.97 Å². The lowest BCUT2D eigenvalue weighted by molar-refractivity contribution is -0.144. The van der Waals surface area contributed by atoms with E-state index >= 15 is 0 Å². The van der Waals surface area contributed by atoms with Crippen LogP contribution in [0, 0.1) is 12.3 Å². The summed E-state index contributed by atoms with van der Waals surface area (Å²) in [4.78, 5) is 14.6. The molecule has 1 rings (SSSR count). The van der Waals surface area contributed by atoms with Crippen LogP contribution in [0.3, 0.4) is 0 Å². The summed E-state index contributed by atoms with van der Waals surface area (Å²) in [5.41, 5.74) is 0.570. The molecular formula is C10H9NO2. The summed E-state index contributed by atoms with van der Waals surface area (Å²) < 4.78 is 4.85. The molecule has 13 heavy (non-hydrogen) atoms. The molecule has 3 heteroatoms. The van der Waals surface area contributed by atoms with Crippen molar-refractivity contribution in [3.63, 3.8) is 0 Å². The van der Waals surface area contributed by atoms with Crippen molar-refractivity contribution in [2.24, 2.45) is 0 Å². The van der Waals surface area contributed by atoms with Gasteiger partial charge in [-0.2, -0.15) is 0 Å². The predicted octanol–water partition coefficient (Wildman–Crippen LogP) is 1.32. The van der Waals surface area contributed by atoms with Crippen LogP contribution in [0.2, 0.25) is 0 Å². The summed E-state index contributed by atoms with van der Waals surface area (Å²) in [5.74, 6) is 1.94. The van der Waals surface area contributed by atoms with Crippen LogP contribution in [0.15, 0.2) is 24.4 Å². The van der Waals surface area contributed by atoms with Gasteiger partial charge in [-0.1, -0.05) is 12.0 Å². The number of carbonyl (C=O) groups is 1. The van der Waals surface area contributed by atoms with E-state index in [1.54, 1.807) is 24.4 Å². The number of ether oxygens (including phenoxy) is 1. The average molecular weight is 175 g/mol. The number of hydrogen-bond donors (Lipinski definition) is 0. The molecule has 66 valence electrons. The molecule has 1 unspecified atom stereocenters. The molecule has 0 aliphatic rings.